The smallest absolute Gasteiger partial charge is 0.311 e. The van der Waals surface area contributed by atoms with Gasteiger partial charge in [0.05, 0.1) is 24.1 Å². The first-order valence-corrected chi connectivity index (χ1v) is 6.45. The van der Waals surface area contributed by atoms with E-state index in [9.17, 15) is 14.4 Å². The summed E-state index contributed by atoms with van der Waals surface area (Å²) < 4.78 is 5.86. The van der Waals surface area contributed by atoms with Crippen LogP contribution in [0.25, 0.3) is 10.8 Å². The molecule has 2 aromatic rings. The highest BCUT2D eigenvalue weighted by Gasteiger charge is 2.14. The zero-order valence-electron chi connectivity index (χ0n) is 11.5. The molecule has 0 saturated carbocycles. The van der Waals surface area contributed by atoms with Gasteiger partial charge in [0.15, 0.2) is 0 Å². The molecule has 0 saturated heterocycles. The van der Waals surface area contributed by atoms with Gasteiger partial charge in [0.2, 0.25) is 5.91 Å². The summed E-state index contributed by atoms with van der Waals surface area (Å²) in [5.41, 5.74) is 5.07. The lowest BCUT2D eigenvalue weighted by molar-refractivity contribution is -0.142. The summed E-state index contributed by atoms with van der Waals surface area (Å²) in [5.74, 6) is -1.12. The third-order valence-corrected chi connectivity index (χ3v) is 2.87. The minimum Gasteiger partial charge on any atom is -0.466 e. The lowest BCUT2D eigenvalue weighted by Gasteiger charge is -2.09. The Morgan fingerprint density at radius 3 is 2.57 bits per heavy atom. The molecule has 0 bridgehead atoms. The SMILES string of the molecule is CCOC(=O)Cc1nn(CC(N)=O)c(=O)c2ccccc12. The molecule has 1 amide bonds. The normalized spacial score (nSPS) is 10.5. The van der Waals surface area contributed by atoms with E-state index in [2.05, 4.69) is 5.10 Å². The molecule has 2 rings (SSSR count). The first kappa shape index (κ1) is 14.7. The second kappa shape index (κ2) is 6.17. The molecule has 2 N–H and O–H groups in total. The van der Waals surface area contributed by atoms with Crippen molar-refractivity contribution in [3.05, 3.63) is 40.3 Å². The summed E-state index contributed by atoms with van der Waals surface area (Å²) in [7, 11) is 0. The van der Waals surface area contributed by atoms with Crippen molar-refractivity contribution in [2.24, 2.45) is 5.73 Å². The number of esters is 1. The number of rotatable bonds is 5. The molecular formula is C14H15N3O4. The molecule has 0 radical (unpaired) electrons. The van der Waals surface area contributed by atoms with Crippen LogP contribution in [0.4, 0.5) is 0 Å². The van der Waals surface area contributed by atoms with E-state index in [-0.39, 0.29) is 19.6 Å². The number of nitrogens with zero attached hydrogens (tertiary/aromatic N) is 2. The summed E-state index contributed by atoms with van der Waals surface area (Å²) in [4.78, 5) is 34.9. The van der Waals surface area contributed by atoms with Crippen molar-refractivity contribution >= 4 is 22.6 Å². The Morgan fingerprint density at radius 1 is 1.29 bits per heavy atom. The van der Waals surface area contributed by atoms with Crippen molar-refractivity contribution < 1.29 is 14.3 Å². The number of nitrogens with two attached hydrogens (primary N) is 1. The van der Waals surface area contributed by atoms with Crippen molar-refractivity contribution in [3.8, 4) is 0 Å². The lowest BCUT2D eigenvalue weighted by atomic mass is 10.1. The summed E-state index contributed by atoms with van der Waals surface area (Å²) >= 11 is 0. The molecule has 21 heavy (non-hydrogen) atoms. The summed E-state index contributed by atoms with van der Waals surface area (Å²) in [6, 6.07) is 6.77. The predicted molar refractivity (Wildman–Crippen MR) is 75.5 cm³/mol. The quantitative estimate of drug-likeness (QED) is 0.779. The van der Waals surface area contributed by atoms with Gasteiger partial charge in [0.1, 0.15) is 6.54 Å². The number of fused-ring (bicyclic) bond motifs is 1. The standard InChI is InChI=1S/C14H15N3O4/c1-2-21-13(19)7-11-9-5-3-4-6-10(9)14(20)17(16-11)8-12(15)18/h3-6H,2,7-8H2,1H3,(H2,15,18). The molecular weight excluding hydrogens is 274 g/mol. The lowest BCUT2D eigenvalue weighted by Crippen LogP contribution is -2.31. The van der Waals surface area contributed by atoms with E-state index in [1.54, 1.807) is 31.2 Å². The van der Waals surface area contributed by atoms with Crippen LogP contribution >= 0.6 is 0 Å². The van der Waals surface area contributed by atoms with Crippen LogP contribution in [0.3, 0.4) is 0 Å². The molecule has 7 nitrogen and oxygen atoms in total. The highest BCUT2D eigenvalue weighted by atomic mass is 16.5. The average molecular weight is 289 g/mol. The van der Waals surface area contributed by atoms with E-state index in [4.69, 9.17) is 10.5 Å². The van der Waals surface area contributed by atoms with Gasteiger partial charge in [-0.1, -0.05) is 18.2 Å². The van der Waals surface area contributed by atoms with Gasteiger partial charge in [-0.2, -0.15) is 5.10 Å². The van der Waals surface area contributed by atoms with E-state index in [0.29, 0.717) is 16.5 Å². The summed E-state index contributed by atoms with van der Waals surface area (Å²) in [6.07, 6.45) is -0.0760. The molecule has 0 aliphatic heterocycles. The van der Waals surface area contributed by atoms with Gasteiger partial charge >= 0.3 is 5.97 Å². The third-order valence-electron chi connectivity index (χ3n) is 2.87. The maximum Gasteiger partial charge on any atom is 0.311 e. The fourth-order valence-electron chi connectivity index (χ4n) is 2.04. The van der Waals surface area contributed by atoms with Gasteiger partial charge in [0, 0.05) is 5.39 Å². The molecule has 110 valence electrons. The van der Waals surface area contributed by atoms with Gasteiger partial charge < -0.3 is 10.5 Å². The number of ether oxygens (including phenoxy) is 1. The second-order valence-electron chi connectivity index (χ2n) is 4.40. The van der Waals surface area contributed by atoms with Crippen molar-refractivity contribution in [3.63, 3.8) is 0 Å². The molecule has 7 heteroatoms. The number of primary amides is 1. The molecule has 0 spiro atoms. The van der Waals surface area contributed by atoms with Crippen LogP contribution in [0.15, 0.2) is 29.1 Å². The highest BCUT2D eigenvalue weighted by Crippen LogP contribution is 2.14. The average Bonchev–Trinajstić information content (AvgIpc) is 2.44. The zero-order valence-corrected chi connectivity index (χ0v) is 11.5. The Balaban J connectivity index is 2.57. The second-order valence-corrected chi connectivity index (χ2v) is 4.40. The van der Waals surface area contributed by atoms with Crippen molar-refractivity contribution in [1.82, 2.24) is 9.78 Å². The number of hydrogen-bond donors (Lipinski definition) is 1. The van der Waals surface area contributed by atoms with Gasteiger partial charge in [-0.05, 0) is 13.0 Å². The Bertz CT molecular complexity index is 751. The van der Waals surface area contributed by atoms with Crippen LogP contribution in [0.1, 0.15) is 12.6 Å². The largest absolute Gasteiger partial charge is 0.466 e. The van der Waals surface area contributed by atoms with Crippen LogP contribution in [0, 0.1) is 0 Å². The Labute approximate surface area is 120 Å². The molecule has 0 unspecified atom stereocenters. The number of benzene rings is 1. The third kappa shape index (κ3) is 3.25. The summed E-state index contributed by atoms with van der Waals surface area (Å²) in [5, 5.41) is 5.01. The van der Waals surface area contributed by atoms with Gasteiger partial charge in [-0.15, -0.1) is 0 Å². The number of carbonyl (C=O) groups excluding carboxylic acids is 2. The molecule has 0 aliphatic rings. The van der Waals surface area contributed by atoms with E-state index in [0.717, 1.165) is 4.68 Å². The minimum absolute atomic E-state index is 0.0760. The van der Waals surface area contributed by atoms with E-state index >= 15 is 0 Å². The molecule has 0 atom stereocenters. The molecule has 1 heterocycles. The van der Waals surface area contributed by atoms with E-state index in [1.807, 2.05) is 0 Å². The van der Waals surface area contributed by atoms with Crippen molar-refractivity contribution in [2.75, 3.05) is 6.61 Å². The maximum absolute atomic E-state index is 12.2. The monoisotopic (exact) mass is 289 g/mol. The van der Waals surface area contributed by atoms with Gasteiger partial charge in [-0.3, -0.25) is 14.4 Å². The topological polar surface area (TPSA) is 104 Å². The Kier molecular flexibility index (Phi) is 4.32. The van der Waals surface area contributed by atoms with Crippen LogP contribution in [0.5, 0.6) is 0 Å². The number of carbonyl (C=O) groups is 2. The Morgan fingerprint density at radius 2 is 1.95 bits per heavy atom. The summed E-state index contributed by atoms with van der Waals surface area (Å²) in [6.45, 7) is 1.63. The van der Waals surface area contributed by atoms with Crippen LogP contribution in [0.2, 0.25) is 0 Å². The first-order valence-electron chi connectivity index (χ1n) is 6.45. The van der Waals surface area contributed by atoms with Gasteiger partial charge in [0.25, 0.3) is 5.56 Å². The first-order chi connectivity index (χ1) is 10.0. The predicted octanol–water partition coefficient (Wildman–Crippen LogP) is -0.0126. The van der Waals surface area contributed by atoms with Crippen LogP contribution in [-0.2, 0) is 27.3 Å². The Hall–Kier alpha value is -2.70. The van der Waals surface area contributed by atoms with Crippen molar-refractivity contribution in [1.29, 1.82) is 0 Å². The fraction of sp³-hybridized carbons (Fsp3) is 0.286. The number of aromatic nitrogens is 2. The van der Waals surface area contributed by atoms with Crippen LogP contribution < -0.4 is 11.3 Å². The molecule has 1 aromatic heterocycles. The van der Waals surface area contributed by atoms with Crippen molar-refractivity contribution in [2.45, 2.75) is 19.9 Å². The minimum atomic E-state index is -0.679. The van der Waals surface area contributed by atoms with Gasteiger partial charge in [-0.25, -0.2) is 4.68 Å². The molecule has 0 fully saturated rings. The van der Waals surface area contributed by atoms with E-state index < -0.39 is 17.4 Å². The highest BCUT2D eigenvalue weighted by molar-refractivity contribution is 5.87. The van der Waals surface area contributed by atoms with E-state index in [1.165, 1.54) is 0 Å². The number of amides is 1. The fourth-order valence-corrected chi connectivity index (χ4v) is 2.04. The molecule has 1 aromatic carbocycles. The zero-order chi connectivity index (χ0) is 15.4. The van der Waals surface area contributed by atoms with Crippen LogP contribution in [-0.4, -0.2) is 28.3 Å². The number of hydrogen-bond acceptors (Lipinski definition) is 5. The molecule has 0 aliphatic carbocycles. The maximum atomic E-state index is 12.2.